The van der Waals surface area contributed by atoms with Gasteiger partial charge in [-0.2, -0.15) is 0 Å². The van der Waals surface area contributed by atoms with Crippen molar-refractivity contribution in [2.24, 2.45) is 0 Å². The fourth-order valence-corrected chi connectivity index (χ4v) is 2.03. The highest BCUT2D eigenvalue weighted by Gasteiger charge is 2.16. The van der Waals surface area contributed by atoms with Crippen molar-refractivity contribution in [2.45, 2.75) is 13.0 Å². The lowest BCUT2D eigenvalue weighted by Crippen LogP contribution is -2.20. The Hall–Kier alpha value is -1.65. The lowest BCUT2D eigenvalue weighted by atomic mass is 10.1. The van der Waals surface area contributed by atoms with Crippen molar-refractivity contribution >= 4 is 28.5 Å². The maximum absolute atomic E-state index is 12.1. The van der Waals surface area contributed by atoms with Gasteiger partial charge in [-0.05, 0) is 19.1 Å². The number of para-hydroxylation sites is 1. The predicted molar refractivity (Wildman–Crippen MR) is 73.5 cm³/mol. The van der Waals surface area contributed by atoms with Crippen molar-refractivity contribution in [2.75, 3.05) is 13.7 Å². The summed E-state index contributed by atoms with van der Waals surface area (Å²) in [6, 6.07) is 8.82. The van der Waals surface area contributed by atoms with Crippen LogP contribution in [-0.4, -0.2) is 30.8 Å². The van der Waals surface area contributed by atoms with Gasteiger partial charge in [0.15, 0.2) is 0 Å². The van der Waals surface area contributed by atoms with Gasteiger partial charge in [0.05, 0.1) is 17.7 Å². The molecule has 5 heteroatoms. The summed E-state index contributed by atoms with van der Waals surface area (Å²) in [4.78, 5) is 16.3. The monoisotopic (exact) mass is 279 g/mol. The minimum atomic E-state index is -0.426. The smallest absolute Gasteiger partial charge is 0.339 e. The van der Waals surface area contributed by atoms with Crippen molar-refractivity contribution in [1.82, 2.24) is 4.98 Å². The fourth-order valence-electron chi connectivity index (χ4n) is 1.83. The molecule has 4 nitrogen and oxygen atoms in total. The third kappa shape index (κ3) is 3.22. The summed E-state index contributed by atoms with van der Waals surface area (Å²) in [5.41, 5.74) is 1.08. The first-order valence-corrected chi connectivity index (χ1v) is 6.25. The molecule has 2 aromatic rings. The van der Waals surface area contributed by atoms with Gasteiger partial charge in [-0.25, -0.2) is 9.78 Å². The number of esters is 1. The minimum Gasteiger partial charge on any atom is -0.457 e. The third-order valence-corrected chi connectivity index (χ3v) is 2.81. The second-order valence-corrected chi connectivity index (χ2v) is 4.57. The molecule has 0 aliphatic rings. The fraction of sp³-hybridized carbons (Fsp3) is 0.286. The number of rotatable bonds is 4. The lowest BCUT2D eigenvalue weighted by Gasteiger charge is -2.13. The second-order valence-electron chi connectivity index (χ2n) is 4.18. The van der Waals surface area contributed by atoms with E-state index in [4.69, 9.17) is 21.1 Å². The van der Waals surface area contributed by atoms with E-state index < -0.39 is 5.97 Å². The number of hydrogen-bond acceptors (Lipinski definition) is 4. The van der Waals surface area contributed by atoms with Gasteiger partial charge in [0, 0.05) is 12.5 Å². The number of methoxy groups -OCH3 is 1. The van der Waals surface area contributed by atoms with Crippen LogP contribution in [0.1, 0.15) is 17.3 Å². The Bertz CT molecular complexity index is 600. The molecule has 0 fully saturated rings. The van der Waals surface area contributed by atoms with Gasteiger partial charge in [-0.1, -0.05) is 29.8 Å². The first-order chi connectivity index (χ1) is 9.11. The molecule has 2 rings (SSSR count). The highest BCUT2D eigenvalue weighted by molar-refractivity contribution is 6.30. The van der Waals surface area contributed by atoms with Crippen molar-refractivity contribution in [3.63, 3.8) is 0 Å². The first kappa shape index (κ1) is 13.8. The topological polar surface area (TPSA) is 48.4 Å². The highest BCUT2D eigenvalue weighted by atomic mass is 35.5. The Kier molecular flexibility index (Phi) is 4.35. The molecule has 0 aliphatic carbocycles. The van der Waals surface area contributed by atoms with Crippen LogP contribution < -0.4 is 0 Å². The van der Waals surface area contributed by atoms with Crippen molar-refractivity contribution in [1.29, 1.82) is 0 Å². The summed E-state index contributed by atoms with van der Waals surface area (Å²) in [5, 5.41) is 0.992. The molecule has 0 saturated heterocycles. The van der Waals surface area contributed by atoms with Gasteiger partial charge in [-0.15, -0.1) is 0 Å². The van der Waals surface area contributed by atoms with E-state index in [1.165, 1.54) is 6.07 Å². The van der Waals surface area contributed by atoms with Gasteiger partial charge >= 0.3 is 5.97 Å². The van der Waals surface area contributed by atoms with Crippen LogP contribution in [0, 0.1) is 0 Å². The molecule has 0 spiro atoms. The number of fused-ring (bicyclic) bond motifs is 1. The number of hydrogen-bond donors (Lipinski definition) is 0. The minimum absolute atomic E-state index is 0.269. The average molecular weight is 280 g/mol. The van der Waals surface area contributed by atoms with Gasteiger partial charge < -0.3 is 9.47 Å². The second kappa shape index (κ2) is 5.99. The zero-order valence-electron chi connectivity index (χ0n) is 10.7. The van der Waals surface area contributed by atoms with Gasteiger partial charge in [0.25, 0.3) is 0 Å². The third-order valence-electron chi connectivity index (χ3n) is 2.61. The number of aromatic nitrogens is 1. The molecule has 19 heavy (non-hydrogen) atoms. The maximum Gasteiger partial charge on any atom is 0.339 e. The summed E-state index contributed by atoms with van der Waals surface area (Å²) in [6.45, 7) is 2.12. The normalized spacial score (nSPS) is 12.4. The van der Waals surface area contributed by atoms with E-state index in [1.807, 2.05) is 18.2 Å². The molecular formula is C14H14ClNO3. The molecule has 100 valence electrons. The summed E-state index contributed by atoms with van der Waals surface area (Å²) in [5.74, 6) is -0.426. The largest absolute Gasteiger partial charge is 0.457 e. The van der Waals surface area contributed by atoms with E-state index in [0.717, 1.165) is 5.39 Å². The molecule has 0 amide bonds. The van der Waals surface area contributed by atoms with E-state index in [2.05, 4.69) is 4.98 Å². The summed E-state index contributed by atoms with van der Waals surface area (Å²) < 4.78 is 10.2. The van der Waals surface area contributed by atoms with Gasteiger partial charge in [0.1, 0.15) is 11.3 Å². The summed E-state index contributed by atoms with van der Waals surface area (Å²) in [7, 11) is 1.56. The lowest BCUT2D eigenvalue weighted by molar-refractivity contribution is 0.0122. The summed E-state index contributed by atoms with van der Waals surface area (Å²) >= 11 is 5.92. The molecule has 1 atom stereocenters. The Morgan fingerprint density at radius 3 is 2.89 bits per heavy atom. The quantitative estimate of drug-likeness (QED) is 0.637. The van der Waals surface area contributed by atoms with Crippen LogP contribution in [0.5, 0.6) is 0 Å². The first-order valence-electron chi connectivity index (χ1n) is 5.87. The van der Waals surface area contributed by atoms with Crippen LogP contribution in [0.2, 0.25) is 5.15 Å². The number of carbonyl (C=O) groups is 1. The summed E-state index contributed by atoms with van der Waals surface area (Å²) in [6.07, 6.45) is -0.316. The van der Waals surface area contributed by atoms with E-state index in [-0.39, 0.29) is 11.3 Å². The molecule has 1 heterocycles. The van der Waals surface area contributed by atoms with Crippen LogP contribution in [0.4, 0.5) is 0 Å². The average Bonchev–Trinajstić information content (AvgIpc) is 2.37. The zero-order valence-corrected chi connectivity index (χ0v) is 11.5. The van der Waals surface area contributed by atoms with E-state index in [0.29, 0.717) is 17.7 Å². The number of nitrogens with zero attached hydrogens (tertiary/aromatic N) is 1. The van der Waals surface area contributed by atoms with Gasteiger partial charge in [0.2, 0.25) is 0 Å². The number of carbonyl (C=O) groups excluding carboxylic acids is 1. The molecular weight excluding hydrogens is 266 g/mol. The Balaban J connectivity index is 2.36. The maximum atomic E-state index is 12.1. The van der Waals surface area contributed by atoms with E-state index in [9.17, 15) is 4.79 Å². The van der Waals surface area contributed by atoms with Crippen LogP contribution in [0.25, 0.3) is 10.9 Å². The molecule has 1 unspecified atom stereocenters. The Morgan fingerprint density at radius 2 is 2.16 bits per heavy atom. The number of halogens is 1. The standard InChI is InChI=1S/C14H14ClNO3/c1-9(8-18-2)19-14(17)11-7-13(15)16-12-6-4-3-5-10(11)12/h3-7,9H,8H2,1-2H3. The van der Waals surface area contributed by atoms with E-state index in [1.54, 1.807) is 20.1 Å². The van der Waals surface area contributed by atoms with Crippen molar-refractivity contribution in [3.8, 4) is 0 Å². The van der Waals surface area contributed by atoms with Crippen LogP contribution in [-0.2, 0) is 9.47 Å². The Labute approximate surface area is 116 Å². The number of benzene rings is 1. The molecule has 0 aliphatic heterocycles. The zero-order chi connectivity index (χ0) is 13.8. The van der Waals surface area contributed by atoms with Crippen LogP contribution in [0.3, 0.4) is 0 Å². The molecule has 0 N–H and O–H groups in total. The predicted octanol–water partition coefficient (Wildman–Crippen LogP) is 3.08. The molecule has 0 saturated carbocycles. The van der Waals surface area contributed by atoms with Gasteiger partial charge in [-0.3, -0.25) is 0 Å². The molecule has 0 radical (unpaired) electrons. The highest BCUT2D eigenvalue weighted by Crippen LogP contribution is 2.21. The SMILES string of the molecule is COCC(C)OC(=O)c1cc(Cl)nc2ccccc12. The van der Waals surface area contributed by atoms with Crippen LogP contribution in [0.15, 0.2) is 30.3 Å². The van der Waals surface area contributed by atoms with E-state index >= 15 is 0 Å². The van der Waals surface area contributed by atoms with Crippen molar-refractivity contribution in [3.05, 3.63) is 41.0 Å². The van der Waals surface area contributed by atoms with Crippen LogP contribution >= 0.6 is 11.6 Å². The van der Waals surface area contributed by atoms with Crippen molar-refractivity contribution < 1.29 is 14.3 Å². The number of pyridine rings is 1. The molecule has 1 aromatic heterocycles. The number of ether oxygens (including phenoxy) is 2. The Morgan fingerprint density at radius 1 is 1.42 bits per heavy atom. The molecule has 1 aromatic carbocycles. The molecule has 0 bridgehead atoms.